The third-order valence-electron chi connectivity index (χ3n) is 5.16. The molecule has 1 N–H and O–H groups in total. The van der Waals surface area contributed by atoms with Crippen LogP contribution in [0.25, 0.3) is 0 Å². The van der Waals surface area contributed by atoms with Gasteiger partial charge in [0.15, 0.2) is 0 Å². The first kappa shape index (κ1) is 14.4. The molecule has 20 heavy (non-hydrogen) atoms. The zero-order chi connectivity index (χ0) is 13.9. The minimum atomic E-state index is 0.565. The molecule has 0 bridgehead atoms. The molecule has 0 amide bonds. The largest absolute Gasteiger partial charge is 0.307 e. The number of aryl methyl sites for hydroxylation is 1. The average Bonchev–Trinajstić information content (AvgIpc) is 2.83. The molecule has 0 radical (unpaired) electrons. The highest BCUT2D eigenvalue weighted by Gasteiger charge is 2.27. The Morgan fingerprint density at radius 3 is 2.70 bits per heavy atom. The molecule has 3 rings (SSSR count). The van der Waals surface area contributed by atoms with E-state index in [0.29, 0.717) is 6.04 Å². The molecule has 1 saturated carbocycles. The van der Waals surface area contributed by atoms with E-state index in [0.717, 1.165) is 17.0 Å². The lowest BCUT2D eigenvalue weighted by molar-refractivity contribution is 0.262. The van der Waals surface area contributed by atoms with Crippen LogP contribution in [0.4, 0.5) is 0 Å². The smallest absolute Gasteiger partial charge is 0.0408 e. The summed E-state index contributed by atoms with van der Waals surface area (Å²) in [5.41, 5.74) is 2.94. The van der Waals surface area contributed by atoms with Gasteiger partial charge in [0.1, 0.15) is 0 Å². The summed E-state index contributed by atoms with van der Waals surface area (Å²) in [6.07, 6.45) is 10.8. The number of nitrogens with one attached hydrogen (secondary N) is 1. The van der Waals surface area contributed by atoms with Crippen LogP contribution < -0.4 is 5.32 Å². The number of rotatable bonds is 4. The Morgan fingerprint density at radius 1 is 1.15 bits per heavy atom. The zero-order valence-corrected chi connectivity index (χ0v) is 13.3. The maximum Gasteiger partial charge on any atom is 0.0408 e. The van der Waals surface area contributed by atoms with Crippen LogP contribution in [-0.2, 0) is 6.42 Å². The Morgan fingerprint density at radius 2 is 1.95 bits per heavy atom. The van der Waals surface area contributed by atoms with E-state index >= 15 is 0 Å². The number of halogens is 1. The molecule has 0 aliphatic heterocycles. The van der Waals surface area contributed by atoms with E-state index in [1.807, 2.05) is 6.07 Å². The van der Waals surface area contributed by atoms with Gasteiger partial charge in [0.05, 0.1) is 0 Å². The molecule has 1 nitrogen and oxygen atoms in total. The molecule has 1 aromatic carbocycles. The predicted octanol–water partition coefficient (Wildman–Crippen LogP) is 5.28. The predicted molar refractivity (Wildman–Crippen MR) is 86.3 cm³/mol. The summed E-state index contributed by atoms with van der Waals surface area (Å²) in [6, 6.07) is 7.71. The summed E-state index contributed by atoms with van der Waals surface area (Å²) < 4.78 is 0. The third kappa shape index (κ3) is 3.20. The van der Waals surface area contributed by atoms with Crippen molar-refractivity contribution >= 4 is 11.6 Å². The highest BCUT2D eigenvalue weighted by atomic mass is 35.5. The molecule has 1 aromatic rings. The summed E-state index contributed by atoms with van der Waals surface area (Å²) in [4.78, 5) is 0. The minimum absolute atomic E-state index is 0.565. The Hall–Kier alpha value is -0.530. The van der Waals surface area contributed by atoms with Gasteiger partial charge in [-0.2, -0.15) is 0 Å². The van der Waals surface area contributed by atoms with Crippen molar-refractivity contribution < 1.29 is 0 Å². The SMILES string of the molecule is CCCC1CCC(NC2CCc3cc(Cl)ccc32)CC1. The summed E-state index contributed by atoms with van der Waals surface area (Å²) in [6.45, 7) is 2.31. The van der Waals surface area contributed by atoms with Crippen LogP contribution in [0.15, 0.2) is 18.2 Å². The second kappa shape index (κ2) is 6.49. The maximum atomic E-state index is 6.09. The Balaban J connectivity index is 1.56. The van der Waals surface area contributed by atoms with Gasteiger partial charge in [0.25, 0.3) is 0 Å². The van der Waals surface area contributed by atoms with E-state index in [2.05, 4.69) is 24.4 Å². The highest BCUT2D eigenvalue weighted by molar-refractivity contribution is 6.30. The molecule has 0 saturated heterocycles. The van der Waals surface area contributed by atoms with Crippen molar-refractivity contribution in [3.05, 3.63) is 34.3 Å². The number of hydrogen-bond acceptors (Lipinski definition) is 1. The molecular formula is C18H26ClN. The van der Waals surface area contributed by atoms with Gasteiger partial charge in [0.2, 0.25) is 0 Å². The van der Waals surface area contributed by atoms with Crippen LogP contribution in [0, 0.1) is 5.92 Å². The lowest BCUT2D eigenvalue weighted by Gasteiger charge is -2.31. The molecule has 2 aliphatic rings. The number of fused-ring (bicyclic) bond motifs is 1. The molecule has 0 heterocycles. The van der Waals surface area contributed by atoms with Gasteiger partial charge in [-0.3, -0.25) is 0 Å². The van der Waals surface area contributed by atoms with E-state index in [4.69, 9.17) is 11.6 Å². The van der Waals surface area contributed by atoms with Gasteiger partial charge in [-0.05, 0) is 67.7 Å². The van der Waals surface area contributed by atoms with Crippen molar-refractivity contribution in [2.24, 2.45) is 5.92 Å². The van der Waals surface area contributed by atoms with Crippen molar-refractivity contribution in [3.8, 4) is 0 Å². The summed E-state index contributed by atoms with van der Waals surface area (Å²) in [5, 5.41) is 4.79. The highest BCUT2D eigenvalue weighted by Crippen LogP contribution is 2.35. The fourth-order valence-corrected chi connectivity index (χ4v) is 4.26. The lowest BCUT2D eigenvalue weighted by atomic mass is 9.83. The van der Waals surface area contributed by atoms with E-state index in [-0.39, 0.29) is 0 Å². The van der Waals surface area contributed by atoms with Crippen LogP contribution in [0.2, 0.25) is 5.02 Å². The lowest BCUT2D eigenvalue weighted by Crippen LogP contribution is -2.35. The fraction of sp³-hybridized carbons (Fsp3) is 0.667. The normalized spacial score (nSPS) is 29.4. The van der Waals surface area contributed by atoms with E-state index in [1.54, 1.807) is 0 Å². The van der Waals surface area contributed by atoms with E-state index in [1.165, 1.54) is 62.5 Å². The van der Waals surface area contributed by atoms with E-state index in [9.17, 15) is 0 Å². The fourth-order valence-electron chi connectivity index (χ4n) is 4.07. The second-order valence-electron chi connectivity index (χ2n) is 6.61. The van der Waals surface area contributed by atoms with Gasteiger partial charge in [-0.1, -0.05) is 37.4 Å². The first-order valence-electron chi connectivity index (χ1n) is 8.30. The number of hydrogen-bond donors (Lipinski definition) is 1. The zero-order valence-electron chi connectivity index (χ0n) is 12.5. The van der Waals surface area contributed by atoms with Gasteiger partial charge >= 0.3 is 0 Å². The van der Waals surface area contributed by atoms with Crippen LogP contribution in [0.1, 0.15) is 69.0 Å². The molecule has 110 valence electrons. The topological polar surface area (TPSA) is 12.0 Å². The second-order valence-corrected chi connectivity index (χ2v) is 7.04. The van der Waals surface area contributed by atoms with Crippen molar-refractivity contribution in [2.75, 3.05) is 0 Å². The maximum absolute atomic E-state index is 6.09. The molecular weight excluding hydrogens is 266 g/mol. The Labute approximate surface area is 128 Å². The Kier molecular flexibility index (Phi) is 4.68. The van der Waals surface area contributed by atoms with Crippen LogP contribution >= 0.6 is 11.6 Å². The Bertz CT molecular complexity index is 449. The third-order valence-corrected chi connectivity index (χ3v) is 5.40. The molecule has 0 spiro atoms. The van der Waals surface area contributed by atoms with Crippen molar-refractivity contribution in [1.29, 1.82) is 0 Å². The van der Waals surface area contributed by atoms with Gasteiger partial charge in [-0.15, -0.1) is 0 Å². The number of benzene rings is 1. The molecule has 2 heteroatoms. The molecule has 1 atom stereocenters. The summed E-state index contributed by atoms with van der Waals surface area (Å²) >= 11 is 6.09. The first-order valence-corrected chi connectivity index (χ1v) is 8.68. The quantitative estimate of drug-likeness (QED) is 0.796. The average molecular weight is 292 g/mol. The van der Waals surface area contributed by atoms with Crippen LogP contribution in [0.5, 0.6) is 0 Å². The molecule has 1 fully saturated rings. The standard InChI is InChI=1S/C18H26ClN/c1-2-3-13-4-8-16(9-5-13)20-18-11-6-14-12-15(19)7-10-17(14)18/h7,10,12-13,16,18,20H,2-6,8-9,11H2,1H3. The summed E-state index contributed by atoms with van der Waals surface area (Å²) in [5.74, 6) is 0.993. The van der Waals surface area contributed by atoms with Crippen molar-refractivity contribution in [1.82, 2.24) is 5.32 Å². The monoisotopic (exact) mass is 291 g/mol. The van der Waals surface area contributed by atoms with Crippen molar-refractivity contribution in [3.63, 3.8) is 0 Å². The molecule has 1 unspecified atom stereocenters. The summed E-state index contributed by atoms with van der Waals surface area (Å²) in [7, 11) is 0. The van der Waals surface area contributed by atoms with Crippen LogP contribution in [0.3, 0.4) is 0 Å². The van der Waals surface area contributed by atoms with Gasteiger partial charge in [-0.25, -0.2) is 0 Å². The van der Waals surface area contributed by atoms with Crippen LogP contribution in [-0.4, -0.2) is 6.04 Å². The molecule has 2 aliphatic carbocycles. The minimum Gasteiger partial charge on any atom is -0.307 e. The van der Waals surface area contributed by atoms with E-state index < -0.39 is 0 Å². The first-order chi connectivity index (χ1) is 9.76. The van der Waals surface area contributed by atoms with Gasteiger partial charge < -0.3 is 5.32 Å². The van der Waals surface area contributed by atoms with Gasteiger partial charge in [0, 0.05) is 17.1 Å². The molecule has 0 aromatic heterocycles. The van der Waals surface area contributed by atoms with Crippen molar-refractivity contribution in [2.45, 2.75) is 70.4 Å².